The molecule has 0 aromatic rings. The van der Waals surface area contributed by atoms with E-state index in [-0.39, 0.29) is 16.9 Å². The lowest BCUT2D eigenvalue weighted by Crippen LogP contribution is -2.41. The molecule has 0 N–H and O–H groups in total. The molecular weight excluding hydrogens is 244 g/mol. The van der Waals surface area contributed by atoms with Crippen LogP contribution in [0.2, 0.25) is 18.1 Å². The van der Waals surface area contributed by atoms with Crippen molar-refractivity contribution in [2.24, 2.45) is 11.8 Å². The van der Waals surface area contributed by atoms with Crippen molar-refractivity contribution in [2.45, 2.75) is 59.2 Å². The standard InChI is InChI=1S/C14H30O3Si/c1-11(9-12(2)13(15)16-6)10-17-18(7,8)14(3,4)5/h11-12H,9-10H2,1-8H3/t11-,12+/m0/s1. The molecule has 0 saturated carbocycles. The van der Waals surface area contributed by atoms with Gasteiger partial charge in [0.1, 0.15) is 0 Å². The van der Waals surface area contributed by atoms with Gasteiger partial charge in [-0.1, -0.05) is 34.6 Å². The highest BCUT2D eigenvalue weighted by Crippen LogP contribution is 2.36. The Balaban J connectivity index is 4.20. The van der Waals surface area contributed by atoms with Crippen LogP contribution >= 0.6 is 0 Å². The van der Waals surface area contributed by atoms with Gasteiger partial charge in [-0.15, -0.1) is 0 Å². The van der Waals surface area contributed by atoms with E-state index in [2.05, 4.69) is 40.8 Å². The maximum absolute atomic E-state index is 11.4. The molecule has 0 rings (SSSR count). The molecule has 0 aromatic heterocycles. The van der Waals surface area contributed by atoms with E-state index < -0.39 is 8.32 Å². The molecule has 108 valence electrons. The van der Waals surface area contributed by atoms with E-state index >= 15 is 0 Å². The number of ether oxygens (including phenoxy) is 1. The van der Waals surface area contributed by atoms with Crippen LogP contribution in [0.4, 0.5) is 0 Å². The van der Waals surface area contributed by atoms with Gasteiger partial charge in [0.15, 0.2) is 8.32 Å². The van der Waals surface area contributed by atoms with Gasteiger partial charge in [0.2, 0.25) is 0 Å². The normalized spacial score (nSPS) is 16.2. The first-order valence-electron chi connectivity index (χ1n) is 6.73. The van der Waals surface area contributed by atoms with Crippen LogP contribution in [0.3, 0.4) is 0 Å². The summed E-state index contributed by atoms with van der Waals surface area (Å²) in [5.74, 6) is 0.204. The molecule has 0 aliphatic carbocycles. The van der Waals surface area contributed by atoms with Gasteiger partial charge in [-0.05, 0) is 30.5 Å². The highest BCUT2D eigenvalue weighted by atomic mass is 28.4. The van der Waals surface area contributed by atoms with E-state index in [0.29, 0.717) is 5.92 Å². The molecule has 0 unspecified atom stereocenters. The molecule has 0 saturated heterocycles. The summed E-state index contributed by atoms with van der Waals surface area (Å²) < 4.78 is 10.9. The summed E-state index contributed by atoms with van der Waals surface area (Å²) in [5, 5.41) is 0.237. The Morgan fingerprint density at radius 2 is 1.72 bits per heavy atom. The number of hydrogen-bond donors (Lipinski definition) is 0. The van der Waals surface area contributed by atoms with Crippen molar-refractivity contribution in [1.29, 1.82) is 0 Å². The molecule has 0 aliphatic heterocycles. The minimum Gasteiger partial charge on any atom is -0.469 e. The summed E-state index contributed by atoms with van der Waals surface area (Å²) in [4.78, 5) is 11.4. The van der Waals surface area contributed by atoms with E-state index in [9.17, 15) is 4.79 Å². The predicted molar refractivity (Wildman–Crippen MR) is 78.1 cm³/mol. The Bertz CT molecular complexity index is 269. The third-order valence-electron chi connectivity index (χ3n) is 3.89. The highest BCUT2D eigenvalue weighted by molar-refractivity contribution is 6.74. The van der Waals surface area contributed by atoms with Gasteiger partial charge >= 0.3 is 5.97 Å². The average molecular weight is 274 g/mol. The molecule has 0 radical (unpaired) electrons. The average Bonchev–Trinajstić information content (AvgIpc) is 2.23. The lowest BCUT2D eigenvalue weighted by atomic mass is 9.98. The van der Waals surface area contributed by atoms with Gasteiger partial charge in [-0.3, -0.25) is 4.79 Å². The third-order valence-corrected chi connectivity index (χ3v) is 8.40. The van der Waals surface area contributed by atoms with Crippen molar-refractivity contribution in [1.82, 2.24) is 0 Å². The molecule has 0 amide bonds. The Morgan fingerprint density at radius 3 is 2.11 bits per heavy atom. The quantitative estimate of drug-likeness (QED) is 0.545. The fourth-order valence-electron chi connectivity index (χ4n) is 1.54. The number of carbonyl (C=O) groups is 1. The number of esters is 1. The van der Waals surface area contributed by atoms with E-state index in [0.717, 1.165) is 13.0 Å². The summed E-state index contributed by atoms with van der Waals surface area (Å²) in [5.41, 5.74) is 0. The van der Waals surface area contributed by atoms with Crippen LogP contribution in [0.15, 0.2) is 0 Å². The van der Waals surface area contributed by atoms with Crippen LogP contribution in [0.5, 0.6) is 0 Å². The van der Waals surface area contributed by atoms with Gasteiger partial charge < -0.3 is 9.16 Å². The van der Waals surface area contributed by atoms with Crippen molar-refractivity contribution >= 4 is 14.3 Å². The molecule has 0 spiro atoms. The summed E-state index contributed by atoms with van der Waals surface area (Å²) in [7, 11) is -0.230. The molecule has 4 heteroatoms. The van der Waals surface area contributed by atoms with E-state index in [4.69, 9.17) is 9.16 Å². The van der Waals surface area contributed by atoms with E-state index in [1.807, 2.05) is 6.92 Å². The Labute approximate surface area is 113 Å². The second-order valence-corrected chi connectivity index (χ2v) is 11.6. The molecule has 0 bridgehead atoms. The Kier molecular flexibility index (Phi) is 6.58. The van der Waals surface area contributed by atoms with Crippen molar-refractivity contribution in [3.8, 4) is 0 Å². The Morgan fingerprint density at radius 1 is 1.22 bits per heavy atom. The molecule has 0 fully saturated rings. The minimum atomic E-state index is -1.67. The molecular formula is C14H30O3Si. The lowest BCUT2D eigenvalue weighted by molar-refractivity contribution is -0.145. The first-order valence-corrected chi connectivity index (χ1v) is 9.64. The Hall–Kier alpha value is -0.353. The molecule has 18 heavy (non-hydrogen) atoms. The monoisotopic (exact) mass is 274 g/mol. The second-order valence-electron chi connectivity index (χ2n) is 6.84. The fourth-order valence-corrected chi connectivity index (χ4v) is 2.67. The maximum Gasteiger partial charge on any atom is 0.308 e. The zero-order chi connectivity index (χ0) is 14.6. The van der Waals surface area contributed by atoms with Gasteiger partial charge in [0, 0.05) is 6.61 Å². The van der Waals surface area contributed by atoms with Crippen LogP contribution in [0.25, 0.3) is 0 Å². The SMILES string of the molecule is COC(=O)[C@H](C)C[C@H](C)CO[Si](C)(C)C(C)(C)C. The molecule has 0 heterocycles. The van der Waals surface area contributed by atoms with E-state index in [1.54, 1.807) is 0 Å². The fraction of sp³-hybridized carbons (Fsp3) is 0.929. The second kappa shape index (κ2) is 6.71. The number of rotatable bonds is 6. The molecule has 0 aliphatic rings. The maximum atomic E-state index is 11.4. The number of methoxy groups -OCH3 is 1. The van der Waals surface area contributed by atoms with Crippen molar-refractivity contribution in [3.63, 3.8) is 0 Å². The van der Waals surface area contributed by atoms with Gasteiger partial charge in [-0.25, -0.2) is 0 Å². The van der Waals surface area contributed by atoms with Crippen LogP contribution in [0, 0.1) is 11.8 Å². The number of hydrogen-bond acceptors (Lipinski definition) is 3. The van der Waals surface area contributed by atoms with Crippen LogP contribution < -0.4 is 0 Å². The zero-order valence-corrected chi connectivity index (χ0v) is 14.3. The summed E-state index contributed by atoms with van der Waals surface area (Å²) in [6.45, 7) is 16.0. The smallest absolute Gasteiger partial charge is 0.308 e. The summed E-state index contributed by atoms with van der Waals surface area (Å²) >= 11 is 0. The predicted octanol–water partition coefficient (Wildman–Crippen LogP) is 3.84. The summed E-state index contributed by atoms with van der Waals surface area (Å²) in [6, 6.07) is 0. The lowest BCUT2D eigenvalue weighted by Gasteiger charge is -2.37. The van der Waals surface area contributed by atoms with Crippen LogP contribution in [0.1, 0.15) is 41.0 Å². The van der Waals surface area contributed by atoms with Crippen molar-refractivity contribution in [3.05, 3.63) is 0 Å². The molecule has 2 atom stereocenters. The first-order chi connectivity index (χ1) is 8.01. The van der Waals surface area contributed by atoms with Gasteiger partial charge in [-0.2, -0.15) is 0 Å². The van der Waals surface area contributed by atoms with Gasteiger partial charge in [0.25, 0.3) is 0 Å². The first kappa shape index (κ1) is 17.6. The number of carbonyl (C=O) groups excluding carboxylic acids is 1. The van der Waals surface area contributed by atoms with Crippen LogP contribution in [-0.2, 0) is 14.0 Å². The minimum absolute atomic E-state index is 0.0481. The summed E-state index contributed by atoms with van der Waals surface area (Å²) in [6.07, 6.45) is 0.821. The van der Waals surface area contributed by atoms with Crippen molar-refractivity contribution < 1.29 is 14.0 Å². The highest BCUT2D eigenvalue weighted by Gasteiger charge is 2.37. The van der Waals surface area contributed by atoms with Crippen LogP contribution in [-0.4, -0.2) is 28.0 Å². The molecule has 3 nitrogen and oxygen atoms in total. The van der Waals surface area contributed by atoms with Gasteiger partial charge in [0.05, 0.1) is 13.0 Å². The zero-order valence-electron chi connectivity index (χ0n) is 13.3. The van der Waals surface area contributed by atoms with Crippen molar-refractivity contribution in [2.75, 3.05) is 13.7 Å². The topological polar surface area (TPSA) is 35.5 Å². The largest absolute Gasteiger partial charge is 0.469 e. The molecule has 0 aromatic carbocycles. The third kappa shape index (κ3) is 5.53. The van der Waals surface area contributed by atoms with E-state index in [1.165, 1.54) is 7.11 Å².